The maximum atomic E-state index is 4.55. The van der Waals surface area contributed by atoms with Crippen LogP contribution < -0.4 is 5.32 Å². The van der Waals surface area contributed by atoms with E-state index < -0.39 is 0 Å². The van der Waals surface area contributed by atoms with Crippen molar-refractivity contribution in [2.24, 2.45) is 10.9 Å². The summed E-state index contributed by atoms with van der Waals surface area (Å²) in [5.41, 5.74) is 1.50. The molecule has 2 saturated heterocycles. The minimum Gasteiger partial charge on any atom is -0.356 e. The van der Waals surface area contributed by atoms with Gasteiger partial charge in [-0.1, -0.05) is 42.5 Å². The number of nitrogens with one attached hydrogen (secondary N) is 1. The molecule has 1 unspecified atom stereocenters. The average Bonchev–Trinajstić information content (AvgIpc) is 3.50. The third-order valence-electron chi connectivity index (χ3n) is 7.30. The van der Waals surface area contributed by atoms with Gasteiger partial charge < -0.3 is 15.1 Å². The molecule has 3 aliphatic heterocycles. The zero-order valence-corrected chi connectivity index (χ0v) is 19.4. The maximum Gasteiger partial charge on any atom is 0.193 e. The molecule has 1 aromatic carbocycles. The van der Waals surface area contributed by atoms with Crippen molar-refractivity contribution in [3.05, 3.63) is 48.0 Å². The van der Waals surface area contributed by atoms with Crippen LogP contribution >= 0.6 is 0 Å². The Hall–Kier alpha value is -1.85. The van der Waals surface area contributed by atoms with E-state index in [0.29, 0.717) is 6.04 Å². The monoisotopic (exact) mass is 423 g/mol. The molecule has 1 aromatic rings. The van der Waals surface area contributed by atoms with Gasteiger partial charge in [0.1, 0.15) is 0 Å². The lowest BCUT2D eigenvalue weighted by Crippen LogP contribution is -2.43. The normalized spacial score (nSPS) is 23.7. The SMILES string of the molecule is CN=C(NCCCCN1CCC(Cc2ccccc2)CC1)N1CCC(N2CC=CC2)C1. The second kappa shape index (κ2) is 11.7. The second-order valence-corrected chi connectivity index (χ2v) is 9.47. The van der Waals surface area contributed by atoms with Crippen LogP contribution in [0.2, 0.25) is 0 Å². The molecule has 31 heavy (non-hydrogen) atoms. The minimum absolute atomic E-state index is 0.679. The standard InChI is InChI=1S/C26H41N5/c1-27-26(31-20-13-25(22-31)30-16-7-8-17-30)28-14-5-6-15-29-18-11-24(12-19-29)21-23-9-3-2-4-10-23/h2-4,7-10,24-25H,5-6,11-22H2,1H3,(H,27,28). The summed E-state index contributed by atoms with van der Waals surface area (Å²) < 4.78 is 0. The molecule has 0 radical (unpaired) electrons. The number of hydrogen-bond acceptors (Lipinski definition) is 3. The Labute approximate surface area is 189 Å². The lowest BCUT2D eigenvalue weighted by molar-refractivity contribution is 0.181. The molecular formula is C26H41N5. The summed E-state index contributed by atoms with van der Waals surface area (Å²) in [5.74, 6) is 1.96. The van der Waals surface area contributed by atoms with E-state index in [1.54, 1.807) is 0 Å². The van der Waals surface area contributed by atoms with Crippen LogP contribution in [0.3, 0.4) is 0 Å². The Balaban J connectivity index is 1.07. The number of piperidine rings is 1. The fraction of sp³-hybridized carbons (Fsp3) is 0.654. The Morgan fingerprint density at radius 2 is 1.77 bits per heavy atom. The maximum absolute atomic E-state index is 4.55. The van der Waals surface area contributed by atoms with E-state index in [9.17, 15) is 0 Å². The minimum atomic E-state index is 0.679. The highest BCUT2D eigenvalue weighted by Crippen LogP contribution is 2.22. The van der Waals surface area contributed by atoms with Gasteiger partial charge in [-0.05, 0) is 69.6 Å². The second-order valence-electron chi connectivity index (χ2n) is 9.47. The van der Waals surface area contributed by atoms with Gasteiger partial charge in [0.2, 0.25) is 0 Å². The van der Waals surface area contributed by atoms with E-state index in [2.05, 4.69) is 67.5 Å². The summed E-state index contributed by atoms with van der Waals surface area (Å²) in [6.07, 6.45) is 12.3. The fourth-order valence-corrected chi connectivity index (χ4v) is 5.38. The highest BCUT2D eigenvalue weighted by Gasteiger charge is 2.29. The van der Waals surface area contributed by atoms with Crippen molar-refractivity contribution in [2.75, 3.05) is 59.4 Å². The highest BCUT2D eigenvalue weighted by molar-refractivity contribution is 5.80. The molecule has 0 saturated carbocycles. The number of likely N-dealkylation sites (tertiary alicyclic amines) is 2. The van der Waals surface area contributed by atoms with Crippen molar-refractivity contribution in [2.45, 2.75) is 44.6 Å². The molecule has 2 fully saturated rings. The largest absolute Gasteiger partial charge is 0.356 e. The predicted octanol–water partition coefficient (Wildman–Crippen LogP) is 3.24. The number of guanidine groups is 1. The zero-order chi connectivity index (χ0) is 21.3. The average molecular weight is 424 g/mol. The smallest absolute Gasteiger partial charge is 0.193 e. The van der Waals surface area contributed by atoms with Crippen molar-refractivity contribution in [3.8, 4) is 0 Å². The number of nitrogens with zero attached hydrogens (tertiary/aromatic N) is 4. The van der Waals surface area contributed by atoms with Crippen molar-refractivity contribution in [1.82, 2.24) is 20.0 Å². The van der Waals surface area contributed by atoms with Gasteiger partial charge in [-0.15, -0.1) is 0 Å². The quantitative estimate of drug-likeness (QED) is 0.301. The van der Waals surface area contributed by atoms with E-state index in [-0.39, 0.29) is 0 Å². The summed E-state index contributed by atoms with van der Waals surface area (Å²) >= 11 is 0. The summed E-state index contributed by atoms with van der Waals surface area (Å²) in [6.45, 7) is 9.29. The van der Waals surface area contributed by atoms with Gasteiger partial charge in [0, 0.05) is 45.8 Å². The first kappa shape index (κ1) is 22.3. The molecule has 3 heterocycles. The van der Waals surface area contributed by atoms with Gasteiger partial charge in [-0.3, -0.25) is 9.89 Å². The first-order chi connectivity index (χ1) is 15.3. The van der Waals surface area contributed by atoms with Gasteiger partial charge >= 0.3 is 0 Å². The van der Waals surface area contributed by atoms with Gasteiger partial charge in [0.15, 0.2) is 5.96 Å². The molecule has 5 nitrogen and oxygen atoms in total. The lowest BCUT2D eigenvalue weighted by Gasteiger charge is -2.32. The molecule has 1 N–H and O–H groups in total. The number of rotatable bonds is 8. The fourth-order valence-electron chi connectivity index (χ4n) is 5.38. The summed E-state index contributed by atoms with van der Waals surface area (Å²) in [6, 6.07) is 11.7. The van der Waals surface area contributed by atoms with E-state index in [1.165, 1.54) is 63.7 Å². The predicted molar refractivity (Wildman–Crippen MR) is 131 cm³/mol. The summed E-state index contributed by atoms with van der Waals surface area (Å²) in [4.78, 5) is 12.2. The Bertz CT molecular complexity index is 700. The molecule has 5 heteroatoms. The van der Waals surface area contributed by atoms with E-state index in [1.807, 2.05) is 7.05 Å². The molecule has 0 amide bonds. The third kappa shape index (κ3) is 6.56. The van der Waals surface area contributed by atoms with Crippen LogP contribution in [0, 0.1) is 5.92 Å². The number of benzene rings is 1. The van der Waals surface area contributed by atoms with Crippen molar-refractivity contribution in [3.63, 3.8) is 0 Å². The van der Waals surface area contributed by atoms with Gasteiger partial charge in [0.05, 0.1) is 0 Å². The number of unbranched alkanes of at least 4 members (excludes halogenated alkanes) is 1. The number of hydrogen-bond donors (Lipinski definition) is 1. The molecule has 3 aliphatic rings. The zero-order valence-electron chi connectivity index (χ0n) is 19.4. The Kier molecular flexibility index (Phi) is 8.42. The summed E-state index contributed by atoms with van der Waals surface area (Å²) in [5, 5.41) is 3.62. The van der Waals surface area contributed by atoms with Gasteiger partial charge in [0.25, 0.3) is 0 Å². The molecule has 1 atom stereocenters. The van der Waals surface area contributed by atoms with Gasteiger partial charge in [-0.2, -0.15) is 0 Å². The first-order valence-corrected chi connectivity index (χ1v) is 12.4. The van der Waals surface area contributed by atoms with Crippen LogP contribution in [0.1, 0.15) is 37.7 Å². The van der Waals surface area contributed by atoms with E-state index in [4.69, 9.17) is 0 Å². The topological polar surface area (TPSA) is 34.1 Å². The molecule has 0 bridgehead atoms. The van der Waals surface area contributed by atoms with Crippen molar-refractivity contribution < 1.29 is 0 Å². The molecule has 0 aliphatic carbocycles. The van der Waals surface area contributed by atoms with Crippen LogP contribution in [-0.4, -0.2) is 86.1 Å². The van der Waals surface area contributed by atoms with Gasteiger partial charge in [-0.25, -0.2) is 0 Å². The Morgan fingerprint density at radius 1 is 1.00 bits per heavy atom. The molecule has 0 spiro atoms. The van der Waals surface area contributed by atoms with E-state index >= 15 is 0 Å². The molecule has 0 aromatic heterocycles. The van der Waals surface area contributed by atoms with Crippen LogP contribution in [0.15, 0.2) is 47.5 Å². The molecule has 170 valence electrons. The van der Waals surface area contributed by atoms with Crippen LogP contribution in [0.25, 0.3) is 0 Å². The first-order valence-electron chi connectivity index (χ1n) is 12.4. The van der Waals surface area contributed by atoms with Crippen LogP contribution in [0.4, 0.5) is 0 Å². The third-order valence-corrected chi connectivity index (χ3v) is 7.30. The molecule has 4 rings (SSSR count). The van der Waals surface area contributed by atoms with Crippen LogP contribution in [0.5, 0.6) is 0 Å². The number of aliphatic imine (C=N–C) groups is 1. The van der Waals surface area contributed by atoms with E-state index in [0.717, 1.165) is 44.6 Å². The molecular weight excluding hydrogens is 382 g/mol. The summed E-state index contributed by atoms with van der Waals surface area (Å²) in [7, 11) is 1.92. The Morgan fingerprint density at radius 3 is 2.52 bits per heavy atom. The lowest BCUT2D eigenvalue weighted by atomic mass is 9.90. The van der Waals surface area contributed by atoms with Crippen molar-refractivity contribution >= 4 is 5.96 Å². The van der Waals surface area contributed by atoms with Crippen molar-refractivity contribution in [1.29, 1.82) is 0 Å². The highest BCUT2D eigenvalue weighted by atomic mass is 15.3. The van der Waals surface area contributed by atoms with Crippen LogP contribution in [-0.2, 0) is 6.42 Å².